The Morgan fingerprint density at radius 1 is 0.900 bits per heavy atom. The smallest absolute Gasteiger partial charge is 0.236 e. The highest BCUT2D eigenvalue weighted by Crippen LogP contribution is 2.21. The number of hydrogen-bond acceptors (Lipinski definition) is 5. The van der Waals surface area contributed by atoms with Crippen LogP contribution in [-0.4, -0.2) is 74.6 Å². The van der Waals surface area contributed by atoms with Crippen LogP contribution in [0.1, 0.15) is 11.1 Å². The van der Waals surface area contributed by atoms with Crippen LogP contribution >= 0.6 is 0 Å². The van der Waals surface area contributed by atoms with E-state index in [1.165, 1.54) is 11.3 Å². The molecule has 2 aliphatic rings. The van der Waals surface area contributed by atoms with Gasteiger partial charge in [0.05, 0.1) is 17.8 Å². The van der Waals surface area contributed by atoms with Crippen LogP contribution in [0, 0.1) is 18.3 Å². The molecule has 2 saturated heterocycles. The first kappa shape index (κ1) is 20.2. The Balaban J connectivity index is 1.25. The van der Waals surface area contributed by atoms with E-state index < -0.39 is 0 Å². The standard InChI is InChI=1S/C24H29N5O/c1-20-5-4-7-22(17-20)27-13-15-29(16-14-27)24(30)19-26-9-11-28(12-10-26)23-8-3-2-6-21(23)18-25/h2-8,17H,9-16,19H2,1H3. The number of nitrogens with zero attached hydrogens (tertiary/aromatic N) is 5. The molecule has 0 atom stereocenters. The molecule has 2 aromatic carbocycles. The number of piperazine rings is 2. The summed E-state index contributed by atoms with van der Waals surface area (Å²) in [6, 6.07) is 18.6. The van der Waals surface area contributed by atoms with Crippen LogP contribution in [0.25, 0.3) is 0 Å². The predicted molar refractivity (Wildman–Crippen MR) is 120 cm³/mol. The van der Waals surface area contributed by atoms with E-state index in [0.29, 0.717) is 12.1 Å². The lowest BCUT2D eigenvalue weighted by Gasteiger charge is -2.39. The van der Waals surface area contributed by atoms with Gasteiger partial charge in [0, 0.05) is 58.0 Å². The summed E-state index contributed by atoms with van der Waals surface area (Å²) in [6.07, 6.45) is 0. The summed E-state index contributed by atoms with van der Waals surface area (Å²) in [7, 11) is 0. The second-order valence-electron chi connectivity index (χ2n) is 8.10. The zero-order valence-electron chi connectivity index (χ0n) is 17.6. The lowest BCUT2D eigenvalue weighted by molar-refractivity contribution is -0.132. The number of aryl methyl sites for hydroxylation is 1. The van der Waals surface area contributed by atoms with E-state index in [-0.39, 0.29) is 5.91 Å². The number of amides is 1. The molecule has 0 unspecified atom stereocenters. The first-order valence-electron chi connectivity index (χ1n) is 10.7. The van der Waals surface area contributed by atoms with Crippen molar-refractivity contribution in [3.63, 3.8) is 0 Å². The van der Waals surface area contributed by atoms with E-state index in [1.807, 2.05) is 29.2 Å². The lowest BCUT2D eigenvalue weighted by Crippen LogP contribution is -2.54. The fourth-order valence-electron chi connectivity index (χ4n) is 4.32. The van der Waals surface area contributed by atoms with E-state index >= 15 is 0 Å². The SMILES string of the molecule is Cc1cccc(N2CCN(C(=O)CN3CCN(c4ccccc4C#N)CC3)CC2)c1. The third-order valence-corrected chi connectivity index (χ3v) is 6.10. The van der Waals surface area contributed by atoms with E-state index in [0.717, 1.165) is 58.0 Å². The molecule has 2 fully saturated rings. The van der Waals surface area contributed by atoms with Crippen molar-refractivity contribution in [1.82, 2.24) is 9.80 Å². The highest BCUT2D eigenvalue weighted by Gasteiger charge is 2.25. The van der Waals surface area contributed by atoms with Crippen molar-refractivity contribution < 1.29 is 4.79 Å². The number of carbonyl (C=O) groups excluding carboxylic acids is 1. The van der Waals surface area contributed by atoms with Gasteiger partial charge in [0.15, 0.2) is 0 Å². The number of anilines is 2. The molecule has 2 aromatic rings. The Morgan fingerprint density at radius 3 is 2.30 bits per heavy atom. The first-order chi connectivity index (χ1) is 14.6. The van der Waals surface area contributed by atoms with E-state index in [2.05, 4.69) is 52.0 Å². The summed E-state index contributed by atoms with van der Waals surface area (Å²) in [5, 5.41) is 9.33. The molecule has 0 radical (unpaired) electrons. The molecule has 1 amide bonds. The molecule has 2 heterocycles. The quantitative estimate of drug-likeness (QED) is 0.784. The van der Waals surface area contributed by atoms with Crippen molar-refractivity contribution in [2.24, 2.45) is 0 Å². The van der Waals surface area contributed by atoms with E-state index in [4.69, 9.17) is 0 Å². The summed E-state index contributed by atoms with van der Waals surface area (Å²) >= 11 is 0. The van der Waals surface area contributed by atoms with Crippen molar-refractivity contribution in [2.45, 2.75) is 6.92 Å². The second-order valence-corrected chi connectivity index (χ2v) is 8.10. The molecule has 2 aliphatic heterocycles. The Labute approximate surface area is 178 Å². The Kier molecular flexibility index (Phi) is 6.20. The summed E-state index contributed by atoms with van der Waals surface area (Å²) in [4.78, 5) is 21.7. The van der Waals surface area contributed by atoms with Gasteiger partial charge in [-0.25, -0.2) is 0 Å². The van der Waals surface area contributed by atoms with Crippen LogP contribution in [0.15, 0.2) is 48.5 Å². The summed E-state index contributed by atoms with van der Waals surface area (Å²) in [5.74, 6) is 0.227. The minimum atomic E-state index is 0.227. The van der Waals surface area contributed by atoms with Gasteiger partial charge in [-0.15, -0.1) is 0 Å². The van der Waals surface area contributed by atoms with E-state index in [9.17, 15) is 10.1 Å². The minimum Gasteiger partial charge on any atom is -0.368 e. The third-order valence-electron chi connectivity index (χ3n) is 6.10. The van der Waals surface area contributed by atoms with Crippen LogP contribution in [0.4, 0.5) is 11.4 Å². The highest BCUT2D eigenvalue weighted by molar-refractivity contribution is 5.78. The van der Waals surface area contributed by atoms with Crippen molar-refractivity contribution in [3.05, 3.63) is 59.7 Å². The molecular formula is C24H29N5O. The van der Waals surface area contributed by atoms with Crippen molar-refractivity contribution >= 4 is 17.3 Å². The maximum absolute atomic E-state index is 12.8. The van der Waals surface area contributed by atoms with Crippen LogP contribution < -0.4 is 9.80 Å². The average molecular weight is 404 g/mol. The monoisotopic (exact) mass is 403 g/mol. The summed E-state index contributed by atoms with van der Waals surface area (Å²) in [6.45, 7) is 9.29. The summed E-state index contributed by atoms with van der Waals surface area (Å²) < 4.78 is 0. The van der Waals surface area contributed by atoms with Crippen molar-refractivity contribution in [2.75, 3.05) is 68.7 Å². The Morgan fingerprint density at radius 2 is 1.60 bits per heavy atom. The van der Waals surface area contributed by atoms with Crippen LogP contribution in [0.3, 0.4) is 0 Å². The van der Waals surface area contributed by atoms with Gasteiger partial charge in [-0.05, 0) is 36.8 Å². The maximum Gasteiger partial charge on any atom is 0.236 e. The van der Waals surface area contributed by atoms with Gasteiger partial charge in [0.25, 0.3) is 0 Å². The molecule has 0 spiro atoms. The number of nitriles is 1. The number of hydrogen-bond donors (Lipinski definition) is 0. The molecule has 0 aromatic heterocycles. The topological polar surface area (TPSA) is 53.8 Å². The number of para-hydroxylation sites is 1. The molecule has 0 bridgehead atoms. The number of benzene rings is 2. The molecule has 6 heteroatoms. The van der Waals surface area contributed by atoms with Gasteiger partial charge in [-0.2, -0.15) is 5.26 Å². The van der Waals surface area contributed by atoms with Crippen LogP contribution in [0.2, 0.25) is 0 Å². The van der Waals surface area contributed by atoms with Crippen LogP contribution in [-0.2, 0) is 4.79 Å². The number of carbonyl (C=O) groups is 1. The van der Waals surface area contributed by atoms with Gasteiger partial charge < -0.3 is 14.7 Å². The first-order valence-corrected chi connectivity index (χ1v) is 10.7. The molecular weight excluding hydrogens is 374 g/mol. The molecule has 6 nitrogen and oxygen atoms in total. The molecule has 0 aliphatic carbocycles. The zero-order valence-corrected chi connectivity index (χ0v) is 17.6. The maximum atomic E-state index is 12.8. The van der Waals surface area contributed by atoms with Crippen molar-refractivity contribution in [1.29, 1.82) is 5.26 Å². The second kappa shape index (κ2) is 9.19. The molecule has 0 saturated carbocycles. The largest absolute Gasteiger partial charge is 0.368 e. The normalized spacial score (nSPS) is 17.7. The van der Waals surface area contributed by atoms with E-state index in [1.54, 1.807) is 0 Å². The fraction of sp³-hybridized carbons (Fsp3) is 0.417. The summed E-state index contributed by atoms with van der Waals surface area (Å²) in [5.41, 5.74) is 4.23. The zero-order chi connectivity index (χ0) is 20.9. The van der Waals surface area contributed by atoms with Gasteiger partial charge in [0.2, 0.25) is 5.91 Å². The van der Waals surface area contributed by atoms with Gasteiger partial charge >= 0.3 is 0 Å². The molecule has 156 valence electrons. The minimum absolute atomic E-state index is 0.227. The van der Waals surface area contributed by atoms with Gasteiger partial charge in [-0.3, -0.25) is 9.69 Å². The molecule has 0 N–H and O–H groups in total. The fourth-order valence-corrected chi connectivity index (χ4v) is 4.32. The molecule has 30 heavy (non-hydrogen) atoms. The average Bonchev–Trinajstić information content (AvgIpc) is 2.79. The third kappa shape index (κ3) is 4.58. The lowest BCUT2D eigenvalue weighted by atomic mass is 10.1. The Hall–Kier alpha value is -3.04. The number of rotatable bonds is 4. The Bertz CT molecular complexity index is 921. The van der Waals surface area contributed by atoms with Crippen molar-refractivity contribution in [3.8, 4) is 6.07 Å². The van der Waals surface area contributed by atoms with Gasteiger partial charge in [-0.1, -0.05) is 24.3 Å². The van der Waals surface area contributed by atoms with Crippen LogP contribution in [0.5, 0.6) is 0 Å². The molecule has 4 rings (SSSR count). The van der Waals surface area contributed by atoms with Gasteiger partial charge in [0.1, 0.15) is 6.07 Å². The highest BCUT2D eigenvalue weighted by atomic mass is 16.2. The predicted octanol–water partition coefficient (Wildman–Crippen LogP) is 2.34.